The molecule has 0 aromatic rings. The highest BCUT2D eigenvalue weighted by molar-refractivity contribution is 6.74. The van der Waals surface area contributed by atoms with Gasteiger partial charge in [-0.15, -0.1) is 0 Å². The Hall–Kier alpha value is -0.0331. The van der Waals surface area contributed by atoms with Crippen molar-refractivity contribution in [2.24, 2.45) is 0 Å². The first-order chi connectivity index (χ1) is 7.06. The third-order valence-electron chi connectivity index (χ3n) is 3.02. The van der Waals surface area contributed by atoms with Crippen LogP contribution in [0.15, 0.2) is 10.1 Å². The number of halogens is 2. The van der Waals surface area contributed by atoms with Gasteiger partial charge in [0, 0.05) is 0 Å². The van der Waals surface area contributed by atoms with Crippen LogP contribution in [0, 0.1) is 0 Å². The molecule has 1 heterocycles. The highest BCUT2D eigenvalue weighted by Gasteiger charge is 2.43. The molecule has 92 valence electrons. The zero-order chi connectivity index (χ0) is 12.7. The van der Waals surface area contributed by atoms with E-state index >= 15 is 0 Å². The summed E-state index contributed by atoms with van der Waals surface area (Å²) in [5.41, 5.74) is 0. The van der Waals surface area contributed by atoms with Crippen molar-refractivity contribution in [3.8, 4) is 0 Å². The third kappa shape index (κ3) is 2.62. The fourth-order valence-corrected chi connectivity index (χ4v) is 2.35. The maximum Gasteiger partial charge on any atom is 0.353 e. The third-order valence-corrected chi connectivity index (χ3v) is 8.26. The van der Waals surface area contributed by atoms with Gasteiger partial charge < -0.3 is 9.16 Å². The zero-order valence-corrected chi connectivity index (χ0v) is 12.6. The minimum absolute atomic E-state index is 0.0195. The molecule has 0 aromatic carbocycles. The van der Waals surface area contributed by atoms with Crippen molar-refractivity contribution in [1.29, 1.82) is 0 Å². The number of cyclic esters (lactones) is 1. The highest BCUT2D eigenvalue weighted by Crippen LogP contribution is 2.40. The molecule has 0 aromatic heterocycles. The molecule has 0 N–H and O–H groups in total. The number of esters is 1. The topological polar surface area (TPSA) is 35.5 Å². The molecule has 1 rings (SSSR count). The van der Waals surface area contributed by atoms with Gasteiger partial charge >= 0.3 is 5.97 Å². The molecule has 1 unspecified atom stereocenters. The van der Waals surface area contributed by atoms with Crippen molar-refractivity contribution < 1.29 is 14.0 Å². The summed E-state index contributed by atoms with van der Waals surface area (Å²) in [6, 6.07) is 0. The minimum atomic E-state index is -2.03. The number of carbonyl (C=O) groups excluding carboxylic acids is 1. The van der Waals surface area contributed by atoms with Gasteiger partial charge in [0.1, 0.15) is 10.1 Å². The first-order valence-corrected chi connectivity index (χ1v) is 8.66. The molecule has 0 fully saturated rings. The van der Waals surface area contributed by atoms with Crippen molar-refractivity contribution in [2.75, 3.05) is 0 Å². The molecule has 0 spiro atoms. The SMILES string of the molecule is CC(C)(C)[Si](C)(C)OC1OC(=O)C(Cl)=C1Cl. The van der Waals surface area contributed by atoms with E-state index < -0.39 is 20.6 Å². The molecule has 16 heavy (non-hydrogen) atoms. The van der Waals surface area contributed by atoms with E-state index in [-0.39, 0.29) is 15.1 Å². The van der Waals surface area contributed by atoms with E-state index in [1.165, 1.54) is 0 Å². The van der Waals surface area contributed by atoms with Crippen molar-refractivity contribution in [1.82, 2.24) is 0 Å². The number of carbonyl (C=O) groups is 1. The Morgan fingerprint density at radius 3 is 2.12 bits per heavy atom. The molecule has 1 aliphatic heterocycles. The van der Waals surface area contributed by atoms with Crippen LogP contribution in [0.25, 0.3) is 0 Å². The van der Waals surface area contributed by atoms with Gasteiger partial charge in [-0.3, -0.25) is 0 Å². The number of hydrogen-bond donors (Lipinski definition) is 0. The summed E-state index contributed by atoms with van der Waals surface area (Å²) in [5.74, 6) is -0.615. The minimum Gasteiger partial charge on any atom is -0.427 e. The Morgan fingerprint density at radius 1 is 1.31 bits per heavy atom. The molecule has 6 heteroatoms. The molecule has 3 nitrogen and oxygen atoms in total. The molecule has 0 saturated heterocycles. The molecule has 1 aliphatic rings. The lowest BCUT2D eigenvalue weighted by Gasteiger charge is -2.37. The monoisotopic (exact) mass is 282 g/mol. The Bertz CT molecular complexity index is 344. The first-order valence-electron chi connectivity index (χ1n) is 5.00. The molecular weight excluding hydrogens is 267 g/mol. The maximum absolute atomic E-state index is 11.2. The number of ether oxygens (including phenoxy) is 1. The predicted octanol–water partition coefficient (Wildman–Crippen LogP) is 3.58. The number of hydrogen-bond acceptors (Lipinski definition) is 3. The quantitative estimate of drug-likeness (QED) is 0.574. The van der Waals surface area contributed by atoms with Gasteiger partial charge in [0.15, 0.2) is 8.32 Å². The Kier molecular flexibility index (Phi) is 3.80. The van der Waals surface area contributed by atoms with Crippen LogP contribution in [0.2, 0.25) is 18.1 Å². The Labute approximate surface area is 107 Å². The summed E-state index contributed by atoms with van der Waals surface area (Å²) in [6.45, 7) is 10.4. The van der Waals surface area contributed by atoms with Crippen molar-refractivity contribution in [2.45, 2.75) is 45.2 Å². The molecule has 0 saturated carbocycles. The molecule has 0 bridgehead atoms. The maximum atomic E-state index is 11.2. The van der Waals surface area contributed by atoms with Crippen molar-refractivity contribution in [3.05, 3.63) is 10.1 Å². The molecular formula is C10H16Cl2O3Si. The normalized spacial score (nSPS) is 22.7. The van der Waals surface area contributed by atoms with Crippen LogP contribution in [0.3, 0.4) is 0 Å². The van der Waals surface area contributed by atoms with E-state index in [9.17, 15) is 4.79 Å². The summed E-state index contributed by atoms with van der Waals surface area (Å²) >= 11 is 11.5. The summed E-state index contributed by atoms with van der Waals surface area (Å²) < 4.78 is 10.8. The lowest BCUT2D eigenvalue weighted by atomic mass is 10.2. The van der Waals surface area contributed by atoms with Gasteiger partial charge in [0.2, 0.25) is 6.29 Å². The smallest absolute Gasteiger partial charge is 0.353 e. The molecule has 0 radical (unpaired) electrons. The molecule has 1 atom stereocenters. The Balaban J connectivity index is 2.82. The lowest BCUT2D eigenvalue weighted by Crippen LogP contribution is -2.44. The van der Waals surface area contributed by atoms with Gasteiger partial charge in [-0.25, -0.2) is 4.79 Å². The Morgan fingerprint density at radius 2 is 1.81 bits per heavy atom. The second-order valence-corrected chi connectivity index (χ2v) is 10.8. The van der Waals surface area contributed by atoms with Crippen LogP contribution < -0.4 is 0 Å². The van der Waals surface area contributed by atoms with Gasteiger partial charge in [-0.2, -0.15) is 0 Å². The van der Waals surface area contributed by atoms with Crippen molar-refractivity contribution in [3.63, 3.8) is 0 Å². The van der Waals surface area contributed by atoms with E-state index in [2.05, 4.69) is 33.9 Å². The highest BCUT2D eigenvalue weighted by atomic mass is 35.5. The van der Waals surface area contributed by atoms with Crippen molar-refractivity contribution >= 4 is 37.5 Å². The fourth-order valence-electron chi connectivity index (χ4n) is 0.922. The van der Waals surface area contributed by atoms with Crippen LogP contribution in [-0.2, 0) is 14.0 Å². The van der Waals surface area contributed by atoms with E-state index in [1.54, 1.807) is 0 Å². The molecule has 0 aliphatic carbocycles. The van der Waals surface area contributed by atoms with E-state index in [0.717, 1.165) is 0 Å². The van der Waals surface area contributed by atoms with E-state index in [1.807, 2.05) is 0 Å². The zero-order valence-electron chi connectivity index (χ0n) is 10.1. The van der Waals surface area contributed by atoms with Crippen LogP contribution in [0.1, 0.15) is 20.8 Å². The lowest BCUT2D eigenvalue weighted by molar-refractivity contribution is -0.149. The van der Waals surface area contributed by atoms with Gasteiger partial charge in [-0.1, -0.05) is 44.0 Å². The van der Waals surface area contributed by atoms with Crippen LogP contribution in [-0.4, -0.2) is 20.6 Å². The van der Waals surface area contributed by atoms with Gasteiger partial charge in [0.05, 0.1) is 0 Å². The largest absolute Gasteiger partial charge is 0.427 e. The van der Waals surface area contributed by atoms with Crippen LogP contribution in [0.4, 0.5) is 0 Å². The van der Waals surface area contributed by atoms with Gasteiger partial charge in [-0.05, 0) is 18.1 Å². The van der Waals surface area contributed by atoms with E-state index in [4.69, 9.17) is 32.4 Å². The second kappa shape index (κ2) is 4.33. The average molecular weight is 283 g/mol. The summed E-state index contributed by atoms with van der Waals surface area (Å²) in [4.78, 5) is 11.2. The van der Waals surface area contributed by atoms with Gasteiger partial charge in [0.25, 0.3) is 0 Å². The summed E-state index contributed by atoms with van der Waals surface area (Å²) in [7, 11) is -2.03. The summed E-state index contributed by atoms with van der Waals surface area (Å²) in [6.07, 6.45) is -0.831. The molecule has 0 amide bonds. The van der Waals surface area contributed by atoms with E-state index in [0.29, 0.717) is 0 Å². The summed E-state index contributed by atoms with van der Waals surface area (Å²) in [5, 5.41) is 0.0907. The number of rotatable bonds is 2. The fraction of sp³-hybridized carbons (Fsp3) is 0.700. The predicted molar refractivity (Wildman–Crippen MR) is 66.9 cm³/mol. The average Bonchev–Trinajstić information content (AvgIpc) is 2.31. The van der Waals surface area contributed by atoms with Crippen LogP contribution >= 0.6 is 23.2 Å². The first kappa shape index (κ1) is 14.0. The second-order valence-electron chi connectivity index (χ2n) is 5.28. The standard InChI is InChI=1S/C10H16Cl2O3Si/c1-10(2,3)16(4,5)15-9-7(12)6(11)8(13)14-9/h9H,1-5H3. The van der Waals surface area contributed by atoms with Crippen LogP contribution in [0.5, 0.6) is 0 Å².